The van der Waals surface area contributed by atoms with Gasteiger partial charge in [-0.3, -0.25) is 5.10 Å². The molecule has 108 valence electrons. The number of aromatic amines is 1. The lowest BCUT2D eigenvalue weighted by atomic mass is 10.1. The zero-order valence-corrected chi connectivity index (χ0v) is 12.0. The van der Waals surface area contributed by atoms with Gasteiger partial charge in [0.1, 0.15) is 0 Å². The van der Waals surface area contributed by atoms with Gasteiger partial charge in [0.05, 0.1) is 12.3 Å². The minimum atomic E-state index is -3.56. The van der Waals surface area contributed by atoms with E-state index >= 15 is 0 Å². The Morgan fingerprint density at radius 2 is 2.37 bits per heavy atom. The van der Waals surface area contributed by atoms with E-state index in [1.165, 1.54) is 6.20 Å². The number of hydrogen-bond donors (Lipinski definition) is 3. The monoisotopic (exact) mass is 288 g/mol. The summed E-state index contributed by atoms with van der Waals surface area (Å²) in [6.45, 7) is 2.99. The Hall–Kier alpha value is -0.960. The van der Waals surface area contributed by atoms with Gasteiger partial charge in [0.2, 0.25) is 0 Å². The number of ether oxygens (including phenoxy) is 1. The van der Waals surface area contributed by atoms with Gasteiger partial charge in [0, 0.05) is 24.8 Å². The Labute approximate surface area is 113 Å². The zero-order valence-electron chi connectivity index (χ0n) is 11.1. The van der Waals surface area contributed by atoms with Crippen LogP contribution in [0.25, 0.3) is 0 Å². The second-order valence-electron chi connectivity index (χ2n) is 4.78. The Bertz CT molecular complexity index is 514. The molecule has 8 heteroatoms. The van der Waals surface area contributed by atoms with Gasteiger partial charge in [-0.05, 0) is 26.8 Å². The van der Waals surface area contributed by atoms with Gasteiger partial charge in [-0.25, -0.2) is 13.1 Å². The van der Waals surface area contributed by atoms with E-state index in [1.54, 1.807) is 7.05 Å². The van der Waals surface area contributed by atoms with E-state index in [2.05, 4.69) is 20.2 Å². The van der Waals surface area contributed by atoms with Crippen molar-refractivity contribution < 1.29 is 13.2 Å². The molecule has 0 aliphatic carbocycles. The molecular formula is C11H20N4O3S. The summed E-state index contributed by atoms with van der Waals surface area (Å²) in [5.74, 6) is 0. The molecule has 3 N–H and O–H groups in total. The molecular weight excluding hydrogens is 268 g/mol. The van der Waals surface area contributed by atoms with Gasteiger partial charge in [-0.1, -0.05) is 0 Å². The number of H-pyrrole nitrogens is 1. The van der Waals surface area contributed by atoms with E-state index < -0.39 is 10.0 Å². The molecule has 1 saturated heterocycles. The van der Waals surface area contributed by atoms with Crippen molar-refractivity contribution in [1.82, 2.24) is 20.2 Å². The quantitative estimate of drug-likeness (QED) is 0.707. The average molecular weight is 288 g/mol. The van der Waals surface area contributed by atoms with Crippen LogP contribution in [0.2, 0.25) is 0 Å². The lowest BCUT2D eigenvalue weighted by Crippen LogP contribution is -2.41. The molecule has 2 atom stereocenters. The summed E-state index contributed by atoms with van der Waals surface area (Å²) >= 11 is 0. The van der Waals surface area contributed by atoms with Crippen LogP contribution in [0.4, 0.5) is 0 Å². The smallest absolute Gasteiger partial charge is 0.258 e. The Morgan fingerprint density at radius 1 is 1.58 bits per heavy atom. The van der Waals surface area contributed by atoms with Crippen LogP contribution in [-0.2, 0) is 21.3 Å². The van der Waals surface area contributed by atoms with Gasteiger partial charge in [0.15, 0.2) is 5.03 Å². The summed E-state index contributed by atoms with van der Waals surface area (Å²) in [5.41, 5.74) is 0.634. The van der Waals surface area contributed by atoms with Crippen LogP contribution in [0.1, 0.15) is 25.3 Å². The second kappa shape index (κ2) is 6.00. The molecule has 2 rings (SSSR count). The molecule has 0 aromatic carbocycles. The fourth-order valence-electron chi connectivity index (χ4n) is 2.23. The van der Waals surface area contributed by atoms with Crippen molar-refractivity contribution in [2.45, 2.75) is 43.5 Å². The van der Waals surface area contributed by atoms with Gasteiger partial charge in [0.25, 0.3) is 10.0 Å². The van der Waals surface area contributed by atoms with Gasteiger partial charge >= 0.3 is 0 Å². The van der Waals surface area contributed by atoms with Crippen LogP contribution in [0, 0.1) is 0 Å². The largest absolute Gasteiger partial charge is 0.378 e. The molecule has 0 spiro atoms. The highest BCUT2D eigenvalue weighted by Gasteiger charge is 2.27. The first-order chi connectivity index (χ1) is 9.03. The molecule has 1 aliphatic rings. The third-order valence-corrected chi connectivity index (χ3v) is 4.66. The maximum atomic E-state index is 12.3. The molecule has 2 heterocycles. The van der Waals surface area contributed by atoms with Gasteiger partial charge < -0.3 is 10.1 Å². The number of sulfonamides is 1. The molecule has 1 aromatic rings. The molecule has 1 aliphatic heterocycles. The number of aromatic nitrogens is 2. The molecule has 7 nitrogen and oxygen atoms in total. The summed E-state index contributed by atoms with van der Waals surface area (Å²) in [6.07, 6.45) is 2.99. The standard InChI is InChI=1S/C11H20N4O3S/c1-8-5-10(3-4-18-8)15-19(16,17)11-9(6-12-2)7-13-14-11/h7-8,10,12,15H,3-6H2,1-2H3,(H,13,14). The van der Waals surface area contributed by atoms with Crippen LogP contribution in [-0.4, -0.2) is 44.4 Å². The van der Waals surface area contributed by atoms with Crippen LogP contribution < -0.4 is 10.0 Å². The van der Waals surface area contributed by atoms with E-state index in [0.29, 0.717) is 31.6 Å². The Morgan fingerprint density at radius 3 is 3.05 bits per heavy atom. The molecule has 0 amide bonds. The molecule has 0 radical (unpaired) electrons. The fraction of sp³-hybridized carbons (Fsp3) is 0.727. The average Bonchev–Trinajstić information content (AvgIpc) is 2.78. The van der Waals surface area contributed by atoms with Crippen LogP contribution >= 0.6 is 0 Å². The molecule has 0 saturated carbocycles. The summed E-state index contributed by atoms with van der Waals surface area (Å²) in [6, 6.07) is -0.0838. The third-order valence-electron chi connectivity index (χ3n) is 3.12. The summed E-state index contributed by atoms with van der Waals surface area (Å²) in [4.78, 5) is 0. The summed E-state index contributed by atoms with van der Waals surface area (Å²) in [5, 5.41) is 9.43. The molecule has 0 bridgehead atoms. The molecule has 2 unspecified atom stereocenters. The van der Waals surface area contributed by atoms with E-state index in [0.717, 1.165) is 0 Å². The normalized spacial score (nSPS) is 24.5. The van der Waals surface area contributed by atoms with Gasteiger partial charge in [-0.2, -0.15) is 5.10 Å². The van der Waals surface area contributed by atoms with Crippen LogP contribution in [0.15, 0.2) is 11.2 Å². The molecule has 19 heavy (non-hydrogen) atoms. The summed E-state index contributed by atoms with van der Waals surface area (Å²) < 4.78 is 32.8. The highest BCUT2D eigenvalue weighted by atomic mass is 32.2. The van der Waals surface area contributed by atoms with Crippen molar-refractivity contribution in [3.8, 4) is 0 Å². The second-order valence-corrected chi connectivity index (χ2v) is 6.43. The molecule has 1 fully saturated rings. The van der Waals surface area contributed by atoms with E-state index in [9.17, 15) is 8.42 Å². The first-order valence-electron chi connectivity index (χ1n) is 6.33. The van der Waals surface area contributed by atoms with Crippen molar-refractivity contribution in [3.63, 3.8) is 0 Å². The highest BCUT2D eigenvalue weighted by molar-refractivity contribution is 7.89. The SMILES string of the molecule is CNCc1cn[nH]c1S(=O)(=O)NC1CCOC(C)C1. The first-order valence-corrected chi connectivity index (χ1v) is 7.82. The summed E-state index contributed by atoms with van der Waals surface area (Å²) in [7, 11) is -1.80. The van der Waals surface area contributed by atoms with Crippen LogP contribution in [0.5, 0.6) is 0 Å². The predicted molar refractivity (Wildman–Crippen MR) is 70.1 cm³/mol. The Balaban J connectivity index is 2.11. The van der Waals surface area contributed by atoms with Gasteiger partial charge in [-0.15, -0.1) is 0 Å². The topological polar surface area (TPSA) is 96.1 Å². The highest BCUT2D eigenvalue weighted by Crippen LogP contribution is 2.17. The maximum absolute atomic E-state index is 12.3. The van der Waals surface area contributed by atoms with Crippen molar-refractivity contribution in [3.05, 3.63) is 11.8 Å². The third kappa shape index (κ3) is 3.53. The maximum Gasteiger partial charge on any atom is 0.258 e. The van der Waals surface area contributed by atoms with Crippen molar-refractivity contribution >= 4 is 10.0 Å². The minimum Gasteiger partial charge on any atom is -0.378 e. The van der Waals surface area contributed by atoms with Crippen LogP contribution in [0.3, 0.4) is 0 Å². The number of hydrogen-bond acceptors (Lipinski definition) is 5. The van der Waals surface area contributed by atoms with Crippen molar-refractivity contribution in [1.29, 1.82) is 0 Å². The lowest BCUT2D eigenvalue weighted by molar-refractivity contribution is 0.0173. The Kier molecular flexibility index (Phi) is 4.56. The number of rotatable bonds is 5. The van der Waals surface area contributed by atoms with E-state index in [-0.39, 0.29) is 17.2 Å². The van der Waals surface area contributed by atoms with Crippen molar-refractivity contribution in [2.24, 2.45) is 0 Å². The van der Waals surface area contributed by atoms with Crippen molar-refractivity contribution in [2.75, 3.05) is 13.7 Å². The minimum absolute atomic E-state index is 0.0833. The fourth-order valence-corrected chi connectivity index (χ4v) is 3.65. The zero-order chi connectivity index (χ0) is 13.9. The lowest BCUT2D eigenvalue weighted by Gasteiger charge is -2.27. The first kappa shape index (κ1) is 14.4. The van der Waals surface area contributed by atoms with E-state index in [4.69, 9.17) is 4.74 Å². The number of nitrogens with zero attached hydrogens (tertiary/aromatic N) is 1. The van der Waals surface area contributed by atoms with E-state index in [1.807, 2.05) is 6.92 Å². The molecule has 1 aromatic heterocycles. The predicted octanol–water partition coefficient (Wildman–Crippen LogP) is -0.0251. The number of nitrogens with one attached hydrogen (secondary N) is 3.